The number of nitrogens with zero attached hydrogens (tertiary/aromatic N) is 1. The van der Waals surface area contributed by atoms with Crippen molar-refractivity contribution in [3.8, 4) is 0 Å². The summed E-state index contributed by atoms with van der Waals surface area (Å²) >= 11 is 0. The number of rotatable bonds is 26. The van der Waals surface area contributed by atoms with Crippen molar-refractivity contribution in [2.24, 2.45) is 0 Å². The predicted molar refractivity (Wildman–Crippen MR) is 176 cm³/mol. The van der Waals surface area contributed by atoms with Gasteiger partial charge in [0.25, 0.3) is 0 Å². The van der Waals surface area contributed by atoms with E-state index in [9.17, 15) is 13.0 Å². The quantitative estimate of drug-likeness (QED) is 0.0461. The van der Waals surface area contributed by atoms with Gasteiger partial charge in [-0.3, -0.25) is 4.18 Å². The molecule has 0 saturated heterocycles. The van der Waals surface area contributed by atoms with Gasteiger partial charge in [0.15, 0.2) is 0 Å². The Labute approximate surface area is 256 Å². The van der Waals surface area contributed by atoms with Crippen molar-refractivity contribution in [2.75, 3.05) is 26.2 Å². The first-order valence-corrected chi connectivity index (χ1v) is 18.6. The summed E-state index contributed by atoms with van der Waals surface area (Å²) in [6, 6.07) is 7.56. The number of hydrogen-bond donors (Lipinski definition) is 0. The molecule has 1 rings (SSSR count). The van der Waals surface area contributed by atoms with Gasteiger partial charge in [0, 0.05) is 0 Å². The second-order valence-corrected chi connectivity index (χ2v) is 13.1. The first kappa shape index (κ1) is 40.1. The molecule has 0 amide bonds. The van der Waals surface area contributed by atoms with Crippen LogP contribution < -0.4 is 0 Å². The van der Waals surface area contributed by atoms with Crippen LogP contribution in [0.1, 0.15) is 161 Å². The van der Waals surface area contributed by atoms with Crippen LogP contribution in [0.3, 0.4) is 0 Å². The summed E-state index contributed by atoms with van der Waals surface area (Å²) in [5.74, 6) is 0. The van der Waals surface area contributed by atoms with Crippen LogP contribution in [-0.2, 0) is 27.6 Å². The van der Waals surface area contributed by atoms with E-state index in [2.05, 4.69) is 38.8 Å². The molecule has 41 heavy (non-hydrogen) atoms. The van der Waals surface area contributed by atoms with E-state index in [-0.39, 0.29) is 6.61 Å². The van der Waals surface area contributed by atoms with Gasteiger partial charge in [-0.15, -0.1) is 0 Å². The Bertz CT molecular complexity index is 775. The third-order valence-electron chi connectivity index (χ3n) is 8.22. The fourth-order valence-corrected chi connectivity index (χ4v) is 5.80. The Morgan fingerprint density at radius 2 is 0.927 bits per heavy atom. The summed E-state index contributed by atoms with van der Waals surface area (Å²) in [4.78, 5) is 0. The first-order valence-electron chi connectivity index (χ1n) is 17.3. The van der Waals surface area contributed by atoms with Gasteiger partial charge in [0.1, 0.15) is 0 Å². The maximum Gasteiger partial charge on any atom is 0.217 e. The molecule has 1 aromatic rings. The normalized spacial score (nSPS) is 11.9. The van der Waals surface area contributed by atoms with Crippen LogP contribution in [0.15, 0.2) is 24.3 Å². The summed E-state index contributed by atoms with van der Waals surface area (Å²) in [6.07, 6.45) is 24.8. The Hall–Kier alpha value is -0.950. The monoisotopic (exact) mass is 597 g/mol. The third kappa shape index (κ3) is 23.2. The van der Waals surface area contributed by atoms with Gasteiger partial charge in [-0.05, 0) is 49.7 Å². The lowest BCUT2D eigenvalue weighted by Gasteiger charge is -2.39. The van der Waals surface area contributed by atoms with E-state index in [0.29, 0.717) is 0 Å². The minimum atomic E-state index is -4.63. The summed E-state index contributed by atoms with van der Waals surface area (Å²) in [5.41, 5.74) is 1.86. The standard InChI is InChI=1S/C19H32O4S.C16H36N/c1-2-3-4-5-6-7-8-9-10-11-14-18-15-12-13-16-19(18)17-23-24(20,21)22;1-5-9-13-17(14-10-6-2,15-11-7-3)16-12-8-4/h12-13,15-16H,2-11,14,17H2,1H3,(H,20,21,22);5-16H2,1-4H3/q;+1/p-1. The van der Waals surface area contributed by atoms with Gasteiger partial charge in [-0.25, -0.2) is 8.42 Å². The van der Waals surface area contributed by atoms with Gasteiger partial charge < -0.3 is 9.04 Å². The fraction of sp³-hybridized carbons (Fsp3) is 0.829. The Morgan fingerprint density at radius 1 is 0.561 bits per heavy atom. The largest absolute Gasteiger partial charge is 0.726 e. The molecule has 0 aliphatic heterocycles. The molecular formula is C35H67NO4S. The van der Waals surface area contributed by atoms with Crippen molar-refractivity contribution in [1.29, 1.82) is 0 Å². The van der Waals surface area contributed by atoms with Crippen molar-refractivity contribution in [1.82, 2.24) is 0 Å². The van der Waals surface area contributed by atoms with Crippen molar-refractivity contribution in [2.45, 2.75) is 163 Å². The fourth-order valence-electron chi connectivity index (χ4n) is 5.53. The average molecular weight is 598 g/mol. The molecule has 5 nitrogen and oxygen atoms in total. The molecule has 6 heteroatoms. The molecule has 0 bridgehead atoms. The number of hydrogen-bond acceptors (Lipinski definition) is 4. The molecular weight excluding hydrogens is 530 g/mol. The molecule has 0 spiro atoms. The Morgan fingerprint density at radius 3 is 1.32 bits per heavy atom. The molecule has 0 aliphatic carbocycles. The lowest BCUT2D eigenvalue weighted by atomic mass is 10.0. The van der Waals surface area contributed by atoms with Gasteiger partial charge in [-0.1, -0.05) is 142 Å². The number of benzene rings is 1. The zero-order valence-electron chi connectivity index (χ0n) is 27.8. The summed E-state index contributed by atoms with van der Waals surface area (Å²) < 4.78 is 37.5. The average Bonchev–Trinajstić information content (AvgIpc) is 2.96. The van der Waals surface area contributed by atoms with Crippen LogP contribution >= 0.6 is 0 Å². The van der Waals surface area contributed by atoms with Crippen molar-refractivity contribution in [3.05, 3.63) is 35.4 Å². The molecule has 0 fully saturated rings. The highest BCUT2D eigenvalue weighted by atomic mass is 32.3. The number of quaternary nitrogens is 1. The van der Waals surface area contributed by atoms with Crippen LogP contribution in [0, 0.1) is 0 Å². The van der Waals surface area contributed by atoms with E-state index >= 15 is 0 Å². The number of unbranched alkanes of at least 4 members (excludes halogenated alkanes) is 13. The lowest BCUT2D eigenvalue weighted by Crippen LogP contribution is -2.50. The van der Waals surface area contributed by atoms with Gasteiger partial charge in [0.2, 0.25) is 10.4 Å². The third-order valence-corrected chi connectivity index (χ3v) is 8.63. The topological polar surface area (TPSA) is 66.4 Å². The second-order valence-electron chi connectivity index (χ2n) is 12.0. The maximum absolute atomic E-state index is 10.6. The van der Waals surface area contributed by atoms with Crippen molar-refractivity contribution < 1.29 is 21.6 Å². The highest BCUT2D eigenvalue weighted by Crippen LogP contribution is 2.18. The minimum absolute atomic E-state index is 0.167. The van der Waals surface area contributed by atoms with E-state index < -0.39 is 10.4 Å². The molecule has 0 radical (unpaired) electrons. The highest BCUT2D eigenvalue weighted by molar-refractivity contribution is 7.80. The molecule has 0 atom stereocenters. The maximum atomic E-state index is 10.6. The molecule has 0 saturated carbocycles. The van der Waals surface area contributed by atoms with E-state index in [4.69, 9.17) is 0 Å². The van der Waals surface area contributed by atoms with Crippen LogP contribution in [0.2, 0.25) is 0 Å². The van der Waals surface area contributed by atoms with Crippen molar-refractivity contribution >= 4 is 10.4 Å². The highest BCUT2D eigenvalue weighted by Gasteiger charge is 2.24. The molecule has 0 unspecified atom stereocenters. The van der Waals surface area contributed by atoms with E-state index in [1.807, 2.05) is 24.3 Å². The van der Waals surface area contributed by atoms with Gasteiger partial charge in [0.05, 0.1) is 32.8 Å². The van der Waals surface area contributed by atoms with Gasteiger partial charge >= 0.3 is 0 Å². The molecule has 242 valence electrons. The van der Waals surface area contributed by atoms with Crippen LogP contribution in [-0.4, -0.2) is 43.6 Å². The zero-order valence-corrected chi connectivity index (χ0v) is 28.6. The molecule has 0 heterocycles. The van der Waals surface area contributed by atoms with Gasteiger partial charge in [-0.2, -0.15) is 0 Å². The van der Waals surface area contributed by atoms with E-state index in [0.717, 1.165) is 24.0 Å². The van der Waals surface area contributed by atoms with E-state index in [1.165, 1.54) is 140 Å². The van der Waals surface area contributed by atoms with Crippen LogP contribution in [0.25, 0.3) is 0 Å². The second kappa shape index (κ2) is 26.7. The predicted octanol–water partition coefficient (Wildman–Crippen LogP) is 10.1. The smallest absolute Gasteiger partial charge is 0.217 e. The SMILES string of the molecule is CCCCCCCCCCCCc1ccccc1COS(=O)(=O)[O-].CCCC[N+](CCCC)(CCCC)CCCC. The van der Waals surface area contributed by atoms with E-state index in [1.54, 1.807) is 0 Å². The summed E-state index contributed by atoms with van der Waals surface area (Å²) in [7, 11) is -4.63. The lowest BCUT2D eigenvalue weighted by molar-refractivity contribution is -0.929. The molecule has 0 N–H and O–H groups in total. The minimum Gasteiger partial charge on any atom is -0.726 e. The molecule has 1 aromatic carbocycles. The Balaban J connectivity index is 0.000000831. The summed E-state index contributed by atoms with van der Waals surface area (Å²) in [5, 5.41) is 0. The first-order chi connectivity index (χ1) is 19.8. The molecule has 0 aliphatic rings. The Kier molecular flexibility index (Phi) is 26.0. The van der Waals surface area contributed by atoms with Crippen LogP contribution in [0.4, 0.5) is 0 Å². The van der Waals surface area contributed by atoms with Crippen molar-refractivity contribution in [3.63, 3.8) is 0 Å². The summed E-state index contributed by atoms with van der Waals surface area (Å²) in [6.45, 7) is 17.1. The van der Waals surface area contributed by atoms with Crippen LogP contribution in [0.5, 0.6) is 0 Å². The number of aryl methyl sites for hydroxylation is 1. The zero-order chi connectivity index (χ0) is 30.7. The molecule has 0 aromatic heterocycles.